The summed E-state index contributed by atoms with van der Waals surface area (Å²) in [6.45, 7) is 6.30. The van der Waals surface area contributed by atoms with E-state index in [-0.39, 0.29) is 6.04 Å². The molecule has 0 amide bonds. The van der Waals surface area contributed by atoms with Crippen molar-refractivity contribution < 1.29 is 0 Å². The average Bonchev–Trinajstić information content (AvgIpc) is 2.58. The summed E-state index contributed by atoms with van der Waals surface area (Å²) in [5.41, 5.74) is 4.72. The van der Waals surface area contributed by atoms with Gasteiger partial charge in [-0.05, 0) is 38.0 Å². The Morgan fingerprint density at radius 1 is 0.875 bits per heavy atom. The van der Waals surface area contributed by atoms with Gasteiger partial charge < -0.3 is 10.6 Å². The van der Waals surface area contributed by atoms with Gasteiger partial charge in [0.2, 0.25) is 0 Å². The van der Waals surface area contributed by atoms with Crippen LogP contribution in [-0.2, 0) is 0 Å². The van der Waals surface area contributed by atoms with E-state index in [0.29, 0.717) is 0 Å². The van der Waals surface area contributed by atoms with Crippen molar-refractivity contribution in [3.63, 3.8) is 0 Å². The quantitative estimate of drug-likeness (QED) is 0.694. The van der Waals surface area contributed by atoms with Crippen molar-refractivity contribution in [2.75, 3.05) is 10.6 Å². The van der Waals surface area contributed by atoms with E-state index in [4.69, 9.17) is 0 Å². The van der Waals surface area contributed by atoms with Crippen molar-refractivity contribution in [1.82, 2.24) is 9.97 Å². The molecule has 2 N–H and O–H groups in total. The fraction of sp³-hybridized carbons (Fsp3) is 0.200. The van der Waals surface area contributed by atoms with Crippen molar-refractivity contribution in [2.45, 2.75) is 26.8 Å². The molecular formula is C20H22N4. The molecule has 0 saturated carbocycles. The predicted molar refractivity (Wildman–Crippen MR) is 99.7 cm³/mol. The van der Waals surface area contributed by atoms with Crippen LogP contribution < -0.4 is 10.6 Å². The fourth-order valence-electron chi connectivity index (χ4n) is 2.64. The Kier molecular flexibility index (Phi) is 4.75. The number of rotatable bonds is 5. The van der Waals surface area contributed by atoms with Gasteiger partial charge in [0.25, 0.3) is 0 Å². The van der Waals surface area contributed by atoms with Crippen LogP contribution in [0.3, 0.4) is 0 Å². The van der Waals surface area contributed by atoms with Gasteiger partial charge in [0, 0.05) is 17.8 Å². The maximum Gasteiger partial charge on any atom is 0.135 e. The first-order valence-corrected chi connectivity index (χ1v) is 8.09. The van der Waals surface area contributed by atoms with Gasteiger partial charge in [0.1, 0.15) is 18.0 Å². The number of aryl methyl sites for hydroxylation is 2. The minimum atomic E-state index is 0.176. The lowest BCUT2D eigenvalue weighted by Crippen LogP contribution is -2.08. The Labute approximate surface area is 143 Å². The van der Waals surface area contributed by atoms with Gasteiger partial charge in [-0.2, -0.15) is 0 Å². The van der Waals surface area contributed by atoms with E-state index in [2.05, 4.69) is 71.7 Å². The molecule has 3 rings (SSSR count). The van der Waals surface area contributed by atoms with Crippen molar-refractivity contribution in [3.8, 4) is 0 Å². The summed E-state index contributed by atoms with van der Waals surface area (Å²) in [5, 5.41) is 6.78. The lowest BCUT2D eigenvalue weighted by molar-refractivity contribution is 0.872. The molecule has 1 aromatic heterocycles. The van der Waals surface area contributed by atoms with Gasteiger partial charge in [0.05, 0.1) is 0 Å². The third-order valence-corrected chi connectivity index (χ3v) is 3.98. The molecule has 0 spiro atoms. The second-order valence-electron chi connectivity index (χ2n) is 6.01. The largest absolute Gasteiger partial charge is 0.363 e. The second-order valence-corrected chi connectivity index (χ2v) is 6.01. The van der Waals surface area contributed by atoms with Gasteiger partial charge >= 0.3 is 0 Å². The minimum absolute atomic E-state index is 0.176. The lowest BCUT2D eigenvalue weighted by atomic mass is 10.1. The Balaban J connectivity index is 1.74. The van der Waals surface area contributed by atoms with Crippen molar-refractivity contribution in [2.24, 2.45) is 0 Å². The normalized spacial score (nSPS) is 11.8. The van der Waals surface area contributed by atoms with E-state index in [9.17, 15) is 0 Å². The van der Waals surface area contributed by atoms with Crippen LogP contribution in [0.25, 0.3) is 0 Å². The molecule has 1 heterocycles. The first-order chi connectivity index (χ1) is 11.6. The standard InChI is InChI=1S/C20H22N4/c1-14-9-10-18(15(2)11-14)24-20-12-19(21-13-22-20)23-16(3)17-7-5-4-6-8-17/h4-13,16H,1-3H3,(H2,21,22,23,24). The number of nitrogens with zero attached hydrogens (tertiary/aromatic N) is 2. The molecule has 0 radical (unpaired) electrons. The van der Waals surface area contributed by atoms with Crippen LogP contribution in [0.2, 0.25) is 0 Å². The molecule has 1 atom stereocenters. The van der Waals surface area contributed by atoms with Gasteiger partial charge in [-0.15, -0.1) is 0 Å². The molecule has 1 unspecified atom stereocenters. The van der Waals surface area contributed by atoms with Gasteiger partial charge in [-0.25, -0.2) is 9.97 Å². The van der Waals surface area contributed by atoms with Gasteiger partial charge in [-0.3, -0.25) is 0 Å². The van der Waals surface area contributed by atoms with E-state index in [1.54, 1.807) is 6.33 Å². The zero-order valence-corrected chi connectivity index (χ0v) is 14.2. The highest BCUT2D eigenvalue weighted by Crippen LogP contribution is 2.23. The monoisotopic (exact) mass is 318 g/mol. The molecule has 122 valence electrons. The molecule has 0 aliphatic rings. The summed E-state index contributed by atoms with van der Waals surface area (Å²) in [6, 6.07) is 18.7. The fourth-order valence-corrected chi connectivity index (χ4v) is 2.64. The molecule has 2 aromatic carbocycles. The number of aromatic nitrogens is 2. The van der Waals surface area contributed by atoms with Crippen LogP contribution in [0.15, 0.2) is 60.9 Å². The first kappa shape index (κ1) is 16.0. The van der Waals surface area contributed by atoms with Crippen LogP contribution in [0, 0.1) is 13.8 Å². The summed E-state index contributed by atoms with van der Waals surface area (Å²) < 4.78 is 0. The Hall–Kier alpha value is -2.88. The van der Waals surface area contributed by atoms with E-state index < -0.39 is 0 Å². The predicted octanol–water partition coefficient (Wildman–Crippen LogP) is 5.01. The van der Waals surface area contributed by atoms with Crippen LogP contribution in [0.5, 0.6) is 0 Å². The molecule has 3 aromatic rings. The van der Waals surface area contributed by atoms with E-state index >= 15 is 0 Å². The van der Waals surface area contributed by atoms with E-state index in [1.165, 1.54) is 16.7 Å². The number of anilines is 3. The Morgan fingerprint density at radius 3 is 2.38 bits per heavy atom. The highest BCUT2D eigenvalue weighted by atomic mass is 15.1. The third kappa shape index (κ3) is 3.90. The smallest absolute Gasteiger partial charge is 0.135 e. The van der Waals surface area contributed by atoms with Crippen LogP contribution in [-0.4, -0.2) is 9.97 Å². The van der Waals surface area contributed by atoms with Gasteiger partial charge in [-0.1, -0.05) is 48.0 Å². The number of hydrogen-bond acceptors (Lipinski definition) is 4. The SMILES string of the molecule is Cc1ccc(Nc2cc(NC(C)c3ccccc3)ncn2)c(C)c1. The number of hydrogen-bond donors (Lipinski definition) is 2. The average molecular weight is 318 g/mol. The Bertz CT molecular complexity index is 815. The highest BCUT2D eigenvalue weighted by molar-refractivity contribution is 5.62. The zero-order chi connectivity index (χ0) is 16.9. The van der Waals surface area contributed by atoms with Crippen LogP contribution in [0.4, 0.5) is 17.3 Å². The lowest BCUT2D eigenvalue weighted by Gasteiger charge is -2.16. The van der Waals surface area contributed by atoms with E-state index in [0.717, 1.165) is 17.3 Å². The topological polar surface area (TPSA) is 49.8 Å². The summed E-state index contributed by atoms with van der Waals surface area (Å²) >= 11 is 0. The molecule has 4 nitrogen and oxygen atoms in total. The summed E-state index contributed by atoms with van der Waals surface area (Å²) in [5.74, 6) is 1.58. The maximum atomic E-state index is 4.32. The summed E-state index contributed by atoms with van der Waals surface area (Å²) in [7, 11) is 0. The second kappa shape index (κ2) is 7.13. The minimum Gasteiger partial charge on any atom is -0.363 e. The molecule has 0 aliphatic carbocycles. The maximum absolute atomic E-state index is 4.32. The molecule has 4 heteroatoms. The van der Waals surface area contributed by atoms with Crippen LogP contribution in [0.1, 0.15) is 29.7 Å². The zero-order valence-electron chi connectivity index (χ0n) is 14.2. The number of nitrogens with one attached hydrogen (secondary N) is 2. The van der Waals surface area contributed by atoms with Gasteiger partial charge in [0.15, 0.2) is 0 Å². The van der Waals surface area contributed by atoms with Crippen molar-refractivity contribution in [1.29, 1.82) is 0 Å². The molecule has 0 saturated heterocycles. The molecule has 0 fully saturated rings. The molecular weight excluding hydrogens is 296 g/mol. The Morgan fingerprint density at radius 2 is 1.62 bits per heavy atom. The first-order valence-electron chi connectivity index (χ1n) is 8.09. The molecule has 24 heavy (non-hydrogen) atoms. The third-order valence-electron chi connectivity index (χ3n) is 3.98. The molecule has 0 bridgehead atoms. The summed E-state index contributed by atoms with van der Waals surface area (Å²) in [6.07, 6.45) is 1.58. The highest BCUT2D eigenvalue weighted by Gasteiger charge is 2.07. The molecule has 0 aliphatic heterocycles. The van der Waals surface area contributed by atoms with Crippen molar-refractivity contribution >= 4 is 17.3 Å². The van der Waals surface area contributed by atoms with Crippen LogP contribution >= 0.6 is 0 Å². The van der Waals surface area contributed by atoms with E-state index in [1.807, 2.05) is 24.3 Å². The summed E-state index contributed by atoms with van der Waals surface area (Å²) in [4.78, 5) is 8.64. The number of benzene rings is 2. The van der Waals surface area contributed by atoms with Crippen molar-refractivity contribution in [3.05, 3.63) is 77.6 Å².